The molecule has 0 saturated heterocycles. The number of imidazole rings is 1. The molecule has 0 amide bonds. The summed E-state index contributed by atoms with van der Waals surface area (Å²) in [5.41, 5.74) is 4.80. The van der Waals surface area contributed by atoms with E-state index in [-0.39, 0.29) is 0 Å². The first-order chi connectivity index (χ1) is 7.70. The van der Waals surface area contributed by atoms with Crippen LogP contribution < -0.4 is 0 Å². The van der Waals surface area contributed by atoms with E-state index in [1.807, 2.05) is 6.20 Å². The van der Waals surface area contributed by atoms with E-state index in [1.165, 1.54) is 16.7 Å². The van der Waals surface area contributed by atoms with Gasteiger partial charge < -0.3 is 4.98 Å². The molecule has 0 bridgehead atoms. The molecule has 0 fully saturated rings. The largest absolute Gasteiger partial charge is 0.342 e. The van der Waals surface area contributed by atoms with E-state index in [0.29, 0.717) is 5.88 Å². The summed E-state index contributed by atoms with van der Waals surface area (Å²) in [7, 11) is 0. The van der Waals surface area contributed by atoms with Crippen molar-refractivity contribution in [2.75, 3.05) is 5.88 Å². The zero-order valence-electron chi connectivity index (χ0n) is 9.55. The highest BCUT2D eigenvalue weighted by molar-refractivity contribution is 6.17. The zero-order chi connectivity index (χ0) is 11.5. The number of rotatable bonds is 3. The van der Waals surface area contributed by atoms with Gasteiger partial charge in [-0.05, 0) is 25.5 Å². The summed E-state index contributed by atoms with van der Waals surface area (Å²) in [5.74, 6) is 1.55. The van der Waals surface area contributed by atoms with Crippen LogP contribution in [0.2, 0.25) is 0 Å². The summed E-state index contributed by atoms with van der Waals surface area (Å²) >= 11 is 5.69. The van der Waals surface area contributed by atoms with Crippen molar-refractivity contribution in [3.8, 4) is 11.3 Å². The molecule has 1 aromatic carbocycles. The van der Waals surface area contributed by atoms with Crippen molar-refractivity contribution in [2.45, 2.75) is 20.3 Å². The number of alkyl halides is 1. The van der Waals surface area contributed by atoms with E-state index < -0.39 is 0 Å². The van der Waals surface area contributed by atoms with Crippen molar-refractivity contribution >= 4 is 11.6 Å². The molecule has 1 aromatic heterocycles. The van der Waals surface area contributed by atoms with Crippen molar-refractivity contribution in [3.05, 3.63) is 41.3 Å². The average molecular weight is 235 g/mol. The lowest BCUT2D eigenvalue weighted by Gasteiger charge is -2.04. The fourth-order valence-corrected chi connectivity index (χ4v) is 1.92. The maximum absolute atomic E-state index is 5.69. The average Bonchev–Trinajstić information content (AvgIpc) is 2.71. The van der Waals surface area contributed by atoms with Crippen LogP contribution in [0.5, 0.6) is 0 Å². The predicted molar refractivity (Wildman–Crippen MR) is 67.9 cm³/mol. The minimum atomic E-state index is 0.597. The van der Waals surface area contributed by atoms with Gasteiger partial charge >= 0.3 is 0 Å². The van der Waals surface area contributed by atoms with Gasteiger partial charge in [-0.1, -0.05) is 17.7 Å². The van der Waals surface area contributed by atoms with Gasteiger partial charge in [0.2, 0.25) is 0 Å². The molecule has 1 N–H and O–H groups in total. The monoisotopic (exact) mass is 234 g/mol. The van der Waals surface area contributed by atoms with E-state index in [4.69, 9.17) is 11.6 Å². The highest BCUT2D eigenvalue weighted by atomic mass is 35.5. The SMILES string of the molecule is Cc1ccc(C)c(-c2cnc(CCCl)[nH]2)c1. The quantitative estimate of drug-likeness (QED) is 0.810. The lowest BCUT2D eigenvalue weighted by atomic mass is 10.0. The van der Waals surface area contributed by atoms with E-state index in [2.05, 4.69) is 42.0 Å². The summed E-state index contributed by atoms with van der Waals surface area (Å²) in [6.45, 7) is 4.20. The van der Waals surface area contributed by atoms with Crippen LogP contribution in [-0.2, 0) is 6.42 Å². The van der Waals surface area contributed by atoms with Crippen molar-refractivity contribution in [1.82, 2.24) is 9.97 Å². The summed E-state index contributed by atoms with van der Waals surface area (Å²) in [5, 5.41) is 0. The Kier molecular flexibility index (Phi) is 3.30. The second kappa shape index (κ2) is 4.71. The van der Waals surface area contributed by atoms with E-state index in [1.54, 1.807) is 0 Å². The summed E-state index contributed by atoms with van der Waals surface area (Å²) in [6, 6.07) is 6.43. The summed E-state index contributed by atoms with van der Waals surface area (Å²) in [6.07, 6.45) is 2.66. The zero-order valence-corrected chi connectivity index (χ0v) is 10.3. The molecule has 2 nitrogen and oxygen atoms in total. The number of H-pyrrole nitrogens is 1. The Labute approximate surface area is 101 Å². The van der Waals surface area contributed by atoms with Gasteiger partial charge in [-0.2, -0.15) is 0 Å². The van der Waals surface area contributed by atoms with Gasteiger partial charge in [-0.15, -0.1) is 11.6 Å². The van der Waals surface area contributed by atoms with Gasteiger partial charge in [-0.25, -0.2) is 4.98 Å². The Morgan fingerprint density at radius 3 is 2.88 bits per heavy atom. The minimum absolute atomic E-state index is 0.597. The molecule has 0 radical (unpaired) electrons. The molecule has 3 heteroatoms. The molecule has 0 atom stereocenters. The molecular formula is C13H15ClN2. The van der Waals surface area contributed by atoms with Crippen LogP contribution in [0.25, 0.3) is 11.3 Å². The molecule has 16 heavy (non-hydrogen) atoms. The molecule has 2 aromatic rings. The number of halogens is 1. The molecule has 2 rings (SSSR count). The van der Waals surface area contributed by atoms with Gasteiger partial charge in [-0.3, -0.25) is 0 Å². The van der Waals surface area contributed by atoms with E-state index in [0.717, 1.165) is 17.9 Å². The maximum Gasteiger partial charge on any atom is 0.107 e. The van der Waals surface area contributed by atoms with Gasteiger partial charge in [0.15, 0.2) is 0 Å². The molecule has 0 aliphatic rings. The number of aromatic nitrogens is 2. The second-order valence-electron chi connectivity index (χ2n) is 4.00. The van der Waals surface area contributed by atoms with Crippen molar-refractivity contribution in [1.29, 1.82) is 0 Å². The lowest BCUT2D eigenvalue weighted by Crippen LogP contribution is -1.89. The molecule has 1 heterocycles. The van der Waals surface area contributed by atoms with Crippen LogP contribution in [0.4, 0.5) is 0 Å². The Morgan fingerprint density at radius 1 is 1.31 bits per heavy atom. The highest BCUT2D eigenvalue weighted by Crippen LogP contribution is 2.22. The molecule has 0 saturated carbocycles. The molecule has 0 spiro atoms. The van der Waals surface area contributed by atoms with Gasteiger partial charge in [0.25, 0.3) is 0 Å². The number of aromatic amines is 1. The predicted octanol–water partition coefficient (Wildman–Crippen LogP) is 3.47. The Morgan fingerprint density at radius 2 is 2.12 bits per heavy atom. The van der Waals surface area contributed by atoms with Gasteiger partial charge in [0, 0.05) is 17.9 Å². The van der Waals surface area contributed by atoms with Crippen LogP contribution in [-0.4, -0.2) is 15.8 Å². The molecule has 0 unspecified atom stereocenters. The van der Waals surface area contributed by atoms with Crippen molar-refractivity contribution < 1.29 is 0 Å². The standard InChI is InChI=1S/C13H15ClN2/c1-9-3-4-10(2)11(7-9)12-8-15-13(16-12)5-6-14/h3-4,7-8H,5-6H2,1-2H3,(H,15,16). The summed E-state index contributed by atoms with van der Waals surface area (Å²) < 4.78 is 0. The molecule has 84 valence electrons. The number of hydrogen-bond donors (Lipinski definition) is 1. The normalized spacial score (nSPS) is 10.7. The number of benzene rings is 1. The van der Waals surface area contributed by atoms with Crippen LogP contribution in [0.3, 0.4) is 0 Å². The van der Waals surface area contributed by atoms with E-state index in [9.17, 15) is 0 Å². The Bertz CT molecular complexity index is 488. The van der Waals surface area contributed by atoms with Gasteiger partial charge in [0.05, 0.1) is 11.9 Å². The third kappa shape index (κ3) is 2.27. The Balaban J connectivity index is 2.38. The van der Waals surface area contributed by atoms with Crippen LogP contribution in [0.1, 0.15) is 17.0 Å². The van der Waals surface area contributed by atoms with Crippen LogP contribution in [0.15, 0.2) is 24.4 Å². The van der Waals surface area contributed by atoms with Gasteiger partial charge in [0.1, 0.15) is 5.82 Å². The second-order valence-corrected chi connectivity index (χ2v) is 4.38. The number of nitrogens with one attached hydrogen (secondary N) is 1. The fourth-order valence-electron chi connectivity index (χ4n) is 1.74. The third-order valence-corrected chi connectivity index (χ3v) is 2.83. The molecule has 0 aliphatic heterocycles. The van der Waals surface area contributed by atoms with Crippen molar-refractivity contribution in [3.63, 3.8) is 0 Å². The summed E-state index contributed by atoms with van der Waals surface area (Å²) in [4.78, 5) is 7.62. The first-order valence-electron chi connectivity index (χ1n) is 5.38. The van der Waals surface area contributed by atoms with Crippen molar-refractivity contribution in [2.24, 2.45) is 0 Å². The fraction of sp³-hybridized carbons (Fsp3) is 0.308. The first-order valence-corrected chi connectivity index (χ1v) is 5.91. The minimum Gasteiger partial charge on any atom is -0.342 e. The first kappa shape index (κ1) is 11.2. The number of nitrogens with zero attached hydrogens (tertiary/aromatic N) is 1. The topological polar surface area (TPSA) is 28.7 Å². The number of hydrogen-bond acceptors (Lipinski definition) is 1. The smallest absolute Gasteiger partial charge is 0.107 e. The maximum atomic E-state index is 5.69. The van der Waals surface area contributed by atoms with Crippen LogP contribution in [0, 0.1) is 13.8 Å². The van der Waals surface area contributed by atoms with E-state index >= 15 is 0 Å². The molecule has 0 aliphatic carbocycles. The third-order valence-electron chi connectivity index (χ3n) is 2.64. The molecular weight excluding hydrogens is 220 g/mol. The Hall–Kier alpha value is -1.28. The highest BCUT2D eigenvalue weighted by Gasteiger charge is 2.05. The lowest BCUT2D eigenvalue weighted by molar-refractivity contribution is 0.996. The number of aryl methyl sites for hydroxylation is 3. The van der Waals surface area contributed by atoms with Crippen LogP contribution >= 0.6 is 11.6 Å².